The van der Waals surface area contributed by atoms with Crippen molar-refractivity contribution in [3.63, 3.8) is 0 Å². The van der Waals surface area contributed by atoms with Crippen LogP contribution in [0, 0.1) is 0 Å². The van der Waals surface area contributed by atoms with E-state index in [1.807, 2.05) is 30.5 Å². The summed E-state index contributed by atoms with van der Waals surface area (Å²) in [6, 6.07) is 7.60. The fourth-order valence-electron chi connectivity index (χ4n) is 1.49. The molecule has 1 aromatic heterocycles. The van der Waals surface area contributed by atoms with Crippen molar-refractivity contribution in [1.29, 1.82) is 0 Å². The molecular weight excluding hydrogens is 190 g/mol. The van der Waals surface area contributed by atoms with Gasteiger partial charge in [0.15, 0.2) is 6.29 Å². The second-order valence-corrected chi connectivity index (χ2v) is 3.17. The van der Waals surface area contributed by atoms with Gasteiger partial charge in [0.1, 0.15) is 5.75 Å². The van der Waals surface area contributed by atoms with E-state index in [4.69, 9.17) is 4.74 Å². The summed E-state index contributed by atoms with van der Waals surface area (Å²) in [5, 5.41) is 0. The van der Waals surface area contributed by atoms with Crippen LogP contribution in [-0.2, 0) is 0 Å². The molecule has 0 aliphatic heterocycles. The maximum atomic E-state index is 10.7. The third-order valence-corrected chi connectivity index (χ3v) is 2.31. The van der Waals surface area contributed by atoms with Crippen LogP contribution in [0.1, 0.15) is 10.4 Å². The number of methoxy groups -OCH3 is 1. The molecular formula is C12H11NO2. The highest BCUT2D eigenvalue weighted by atomic mass is 16.5. The van der Waals surface area contributed by atoms with E-state index in [-0.39, 0.29) is 0 Å². The van der Waals surface area contributed by atoms with E-state index in [1.54, 1.807) is 13.3 Å². The van der Waals surface area contributed by atoms with Crippen molar-refractivity contribution in [3.8, 4) is 16.9 Å². The van der Waals surface area contributed by atoms with Crippen molar-refractivity contribution in [2.24, 2.45) is 0 Å². The Morgan fingerprint density at radius 1 is 1.20 bits per heavy atom. The standard InChI is InChI=1S/C12H11NO2/c1-15-11-4-2-9(3-5-11)12-7-13-6-10(12)8-14/h2-8,13H,1H3. The highest BCUT2D eigenvalue weighted by Crippen LogP contribution is 2.24. The van der Waals surface area contributed by atoms with Gasteiger partial charge in [0.2, 0.25) is 0 Å². The summed E-state index contributed by atoms with van der Waals surface area (Å²) < 4.78 is 5.07. The van der Waals surface area contributed by atoms with E-state index in [9.17, 15) is 4.79 Å². The van der Waals surface area contributed by atoms with E-state index in [1.165, 1.54) is 0 Å². The van der Waals surface area contributed by atoms with E-state index in [0.717, 1.165) is 23.2 Å². The molecule has 1 aromatic carbocycles. The fourth-order valence-corrected chi connectivity index (χ4v) is 1.49. The van der Waals surface area contributed by atoms with E-state index in [0.29, 0.717) is 5.56 Å². The Kier molecular flexibility index (Phi) is 2.54. The third-order valence-electron chi connectivity index (χ3n) is 2.31. The first-order valence-electron chi connectivity index (χ1n) is 4.61. The first-order valence-corrected chi connectivity index (χ1v) is 4.61. The van der Waals surface area contributed by atoms with E-state index >= 15 is 0 Å². The molecule has 2 rings (SSSR count). The number of aromatic nitrogens is 1. The number of aromatic amines is 1. The maximum absolute atomic E-state index is 10.7. The number of carbonyl (C=O) groups is 1. The van der Waals surface area contributed by atoms with Crippen molar-refractivity contribution in [3.05, 3.63) is 42.2 Å². The first kappa shape index (κ1) is 9.52. The van der Waals surface area contributed by atoms with Crippen LogP contribution in [0.15, 0.2) is 36.7 Å². The lowest BCUT2D eigenvalue weighted by molar-refractivity contribution is 0.112. The number of ether oxygens (including phenoxy) is 1. The number of hydrogen-bond donors (Lipinski definition) is 1. The molecule has 0 radical (unpaired) electrons. The SMILES string of the molecule is COc1ccc(-c2c[nH]cc2C=O)cc1. The molecule has 0 amide bonds. The quantitative estimate of drug-likeness (QED) is 0.775. The molecule has 0 saturated carbocycles. The summed E-state index contributed by atoms with van der Waals surface area (Å²) in [6.07, 6.45) is 4.34. The monoisotopic (exact) mass is 201 g/mol. The molecule has 0 unspecified atom stereocenters. The van der Waals surface area contributed by atoms with Crippen LogP contribution >= 0.6 is 0 Å². The Morgan fingerprint density at radius 2 is 1.93 bits per heavy atom. The van der Waals surface area contributed by atoms with Gasteiger partial charge in [-0.3, -0.25) is 4.79 Å². The van der Waals surface area contributed by atoms with Crippen molar-refractivity contribution in [2.75, 3.05) is 7.11 Å². The van der Waals surface area contributed by atoms with Crippen LogP contribution in [0.5, 0.6) is 5.75 Å². The Hall–Kier alpha value is -2.03. The van der Waals surface area contributed by atoms with Gasteiger partial charge in [-0.2, -0.15) is 0 Å². The van der Waals surface area contributed by atoms with E-state index in [2.05, 4.69) is 4.98 Å². The minimum atomic E-state index is 0.667. The number of nitrogens with one attached hydrogen (secondary N) is 1. The van der Waals surface area contributed by atoms with Gasteiger partial charge in [0.25, 0.3) is 0 Å². The lowest BCUT2D eigenvalue weighted by atomic mass is 10.1. The van der Waals surface area contributed by atoms with Crippen LogP contribution in [0.2, 0.25) is 0 Å². The number of carbonyl (C=O) groups excluding carboxylic acids is 1. The van der Waals surface area contributed by atoms with Gasteiger partial charge < -0.3 is 9.72 Å². The largest absolute Gasteiger partial charge is 0.497 e. The summed E-state index contributed by atoms with van der Waals surface area (Å²) in [5.74, 6) is 0.807. The molecule has 76 valence electrons. The summed E-state index contributed by atoms with van der Waals surface area (Å²) >= 11 is 0. The minimum absolute atomic E-state index is 0.667. The number of benzene rings is 1. The number of H-pyrrole nitrogens is 1. The van der Waals surface area contributed by atoms with Gasteiger partial charge in [-0.25, -0.2) is 0 Å². The number of aldehydes is 1. The van der Waals surface area contributed by atoms with Gasteiger partial charge in [0, 0.05) is 23.5 Å². The minimum Gasteiger partial charge on any atom is -0.497 e. The lowest BCUT2D eigenvalue weighted by Gasteiger charge is -2.02. The summed E-state index contributed by atoms with van der Waals surface area (Å²) in [5.41, 5.74) is 2.58. The zero-order valence-corrected chi connectivity index (χ0v) is 8.36. The molecule has 0 saturated heterocycles. The Bertz CT molecular complexity index is 457. The Morgan fingerprint density at radius 3 is 2.53 bits per heavy atom. The second kappa shape index (κ2) is 4.00. The molecule has 0 aliphatic rings. The molecule has 3 heteroatoms. The molecule has 0 atom stereocenters. The van der Waals surface area contributed by atoms with Crippen molar-refractivity contribution >= 4 is 6.29 Å². The van der Waals surface area contributed by atoms with Gasteiger partial charge in [-0.05, 0) is 17.7 Å². The summed E-state index contributed by atoms with van der Waals surface area (Å²) in [6.45, 7) is 0. The molecule has 0 fully saturated rings. The molecule has 0 aliphatic carbocycles. The summed E-state index contributed by atoms with van der Waals surface area (Å²) in [4.78, 5) is 13.7. The highest BCUT2D eigenvalue weighted by molar-refractivity contribution is 5.87. The average Bonchev–Trinajstić information content (AvgIpc) is 2.77. The van der Waals surface area contributed by atoms with Crippen molar-refractivity contribution in [1.82, 2.24) is 4.98 Å². The Labute approximate surface area is 87.7 Å². The van der Waals surface area contributed by atoms with Gasteiger partial charge in [-0.15, -0.1) is 0 Å². The molecule has 2 aromatic rings. The highest BCUT2D eigenvalue weighted by Gasteiger charge is 2.04. The van der Waals surface area contributed by atoms with Gasteiger partial charge >= 0.3 is 0 Å². The lowest BCUT2D eigenvalue weighted by Crippen LogP contribution is -1.84. The maximum Gasteiger partial charge on any atom is 0.152 e. The second-order valence-electron chi connectivity index (χ2n) is 3.17. The fraction of sp³-hybridized carbons (Fsp3) is 0.0833. The van der Waals surface area contributed by atoms with Crippen LogP contribution in [-0.4, -0.2) is 18.4 Å². The van der Waals surface area contributed by atoms with E-state index < -0.39 is 0 Å². The predicted octanol–water partition coefficient (Wildman–Crippen LogP) is 2.50. The van der Waals surface area contributed by atoms with Gasteiger partial charge in [0.05, 0.1) is 7.11 Å². The zero-order valence-electron chi connectivity index (χ0n) is 8.36. The van der Waals surface area contributed by atoms with Crippen LogP contribution in [0.3, 0.4) is 0 Å². The molecule has 3 nitrogen and oxygen atoms in total. The summed E-state index contributed by atoms with van der Waals surface area (Å²) in [7, 11) is 1.63. The van der Waals surface area contributed by atoms with Crippen molar-refractivity contribution in [2.45, 2.75) is 0 Å². The predicted molar refractivity (Wildman–Crippen MR) is 58.2 cm³/mol. The number of hydrogen-bond acceptors (Lipinski definition) is 2. The number of rotatable bonds is 3. The van der Waals surface area contributed by atoms with Crippen LogP contribution in [0.4, 0.5) is 0 Å². The third kappa shape index (κ3) is 1.76. The van der Waals surface area contributed by atoms with Crippen LogP contribution < -0.4 is 4.74 Å². The topological polar surface area (TPSA) is 42.1 Å². The first-order chi connectivity index (χ1) is 7.35. The Balaban J connectivity index is 2.41. The molecule has 1 heterocycles. The molecule has 0 spiro atoms. The van der Waals surface area contributed by atoms with Crippen molar-refractivity contribution < 1.29 is 9.53 Å². The molecule has 15 heavy (non-hydrogen) atoms. The zero-order chi connectivity index (χ0) is 10.7. The van der Waals surface area contributed by atoms with Gasteiger partial charge in [-0.1, -0.05) is 12.1 Å². The molecule has 1 N–H and O–H groups in total. The van der Waals surface area contributed by atoms with Crippen LogP contribution in [0.25, 0.3) is 11.1 Å². The average molecular weight is 201 g/mol. The smallest absolute Gasteiger partial charge is 0.152 e. The molecule has 0 bridgehead atoms. The normalized spacial score (nSPS) is 9.93.